The van der Waals surface area contributed by atoms with Gasteiger partial charge in [0.05, 0.1) is 9.83 Å². The van der Waals surface area contributed by atoms with Gasteiger partial charge < -0.3 is 14.2 Å². The van der Waals surface area contributed by atoms with Crippen molar-refractivity contribution in [3.63, 3.8) is 0 Å². The van der Waals surface area contributed by atoms with E-state index in [1.165, 1.54) is 32.5 Å². The lowest BCUT2D eigenvalue weighted by Gasteiger charge is -2.33. The number of esters is 3. The summed E-state index contributed by atoms with van der Waals surface area (Å²) in [7, 11) is 0. The Hall–Kier alpha value is -2.10. The van der Waals surface area contributed by atoms with Crippen LogP contribution in [0.3, 0.4) is 0 Å². The van der Waals surface area contributed by atoms with E-state index in [9.17, 15) is 14.4 Å². The quantitative estimate of drug-likeness (QED) is 0.222. The molecule has 0 N–H and O–H groups in total. The van der Waals surface area contributed by atoms with Crippen LogP contribution in [0, 0.1) is 0 Å². The van der Waals surface area contributed by atoms with Crippen molar-refractivity contribution in [1.29, 1.82) is 0 Å². The van der Waals surface area contributed by atoms with Gasteiger partial charge >= 0.3 is 17.9 Å². The summed E-state index contributed by atoms with van der Waals surface area (Å²) in [5.41, 5.74) is 2.33. The van der Waals surface area contributed by atoms with E-state index in [0.717, 1.165) is 22.6 Å². The number of ether oxygens (including phenoxy) is 3. The van der Waals surface area contributed by atoms with Crippen LogP contribution in [0.1, 0.15) is 31.9 Å². The molecule has 0 amide bonds. The first-order valence-corrected chi connectivity index (χ1v) is 14.4. The summed E-state index contributed by atoms with van der Waals surface area (Å²) in [4.78, 5) is 35.8. The van der Waals surface area contributed by atoms with Crippen LogP contribution in [-0.4, -0.2) is 51.8 Å². The van der Waals surface area contributed by atoms with E-state index in [4.69, 9.17) is 14.2 Å². The second-order valence-corrected chi connectivity index (χ2v) is 11.8. The zero-order valence-electron chi connectivity index (χ0n) is 20.0. The van der Waals surface area contributed by atoms with E-state index in [0.29, 0.717) is 5.75 Å². The predicted octanol–water partition coefficient (Wildman–Crippen LogP) is 5.09. The molecule has 0 saturated carbocycles. The molecule has 1 heterocycles. The molecule has 0 spiro atoms. The van der Waals surface area contributed by atoms with Crippen molar-refractivity contribution in [2.75, 3.05) is 5.75 Å². The molecule has 0 bridgehead atoms. The van der Waals surface area contributed by atoms with Crippen molar-refractivity contribution in [1.82, 2.24) is 0 Å². The first-order valence-electron chi connectivity index (χ1n) is 11.3. The minimum atomic E-state index is -0.706. The highest BCUT2D eigenvalue weighted by Gasteiger charge is 2.49. The minimum Gasteiger partial charge on any atom is -0.459 e. The Kier molecular flexibility index (Phi) is 10.9. The third-order valence-corrected chi connectivity index (χ3v) is 9.62. The number of thioether (sulfide) groups is 3. The van der Waals surface area contributed by atoms with Gasteiger partial charge in [-0.2, -0.15) is 0 Å². The third kappa shape index (κ3) is 8.81. The van der Waals surface area contributed by atoms with Crippen molar-refractivity contribution in [3.05, 3.63) is 71.8 Å². The molecule has 2 aromatic carbocycles. The van der Waals surface area contributed by atoms with Gasteiger partial charge in [0.1, 0.15) is 12.2 Å². The second kappa shape index (κ2) is 13.8. The molecular weight excluding hydrogens is 504 g/mol. The van der Waals surface area contributed by atoms with E-state index in [1.54, 1.807) is 23.5 Å². The first kappa shape index (κ1) is 27.5. The van der Waals surface area contributed by atoms with Crippen molar-refractivity contribution < 1.29 is 28.6 Å². The topological polar surface area (TPSA) is 78.9 Å². The lowest BCUT2D eigenvalue weighted by atomic mass is 10.1. The van der Waals surface area contributed by atoms with Crippen LogP contribution in [0.25, 0.3) is 0 Å². The Labute approximate surface area is 219 Å². The summed E-state index contributed by atoms with van der Waals surface area (Å²) in [5, 5.41) is -0.372. The van der Waals surface area contributed by atoms with Gasteiger partial charge in [0.25, 0.3) is 0 Å². The lowest BCUT2D eigenvalue weighted by Crippen LogP contribution is -2.46. The number of hydrogen-bond donors (Lipinski definition) is 0. The highest BCUT2D eigenvalue weighted by molar-refractivity contribution is 8.16. The highest BCUT2D eigenvalue weighted by atomic mass is 32.2. The van der Waals surface area contributed by atoms with Gasteiger partial charge in [0.2, 0.25) is 0 Å². The molecule has 1 aliphatic rings. The van der Waals surface area contributed by atoms with E-state index in [-0.39, 0.29) is 9.83 Å². The highest BCUT2D eigenvalue weighted by Crippen LogP contribution is 2.43. The molecule has 0 radical (unpaired) electrons. The average molecular weight is 535 g/mol. The predicted molar refractivity (Wildman–Crippen MR) is 142 cm³/mol. The molecule has 4 atom stereocenters. The fourth-order valence-electron chi connectivity index (χ4n) is 3.75. The van der Waals surface area contributed by atoms with Crippen molar-refractivity contribution >= 4 is 53.2 Å². The number of carbonyl (C=O) groups excluding carboxylic acids is 3. The molecule has 1 aliphatic heterocycles. The van der Waals surface area contributed by atoms with Gasteiger partial charge in [-0.3, -0.25) is 14.4 Å². The molecule has 0 aliphatic carbocycles. The van der Waals surface area contributed by atoms with E-state index in [1.807, 2.05) is 36.4 Å². The van der Waals surface area contributed by atoms with Gasteiger partial charge in [-0.15, -0.1) is 35.3 Å². The monoisotopic (exact) mass is 534 g/mol. The summed E-state index contributed by atoms with van der Waals surface area (Å²) in [5.74, 6) is 0.609. The Morgan fingerprint density at radius 2 is 1.34 bits per heavy atom. The van der Waals surface area contributed by atoms with Crippen LogP contribution in [0.4, 0.5) is 0 Å². The maximum Gasteiger partial charge on any atom is 0.303 e. The molecule has 0 aromatic heterocycles. The number of hydrogen-bond acceptors (Lipinski definition) is 9. The standard InChI is InChI=1S/C26H30O6S3/c1-17(27)30-22-16-33-25(23(22)31-18(2)28)24(32-19(3)29)26(34-14-20-10-6-4-7-11-20)35-15-21-12-8-5-9-13-21/h4-13,22-26H,14-16H2,1-3H3/t22-,23-,24+,25-/m1/s1. The molecule has 6 nitrogen and oxygen atoms in total. The van der Waals surface area contributed by atoms with E-state index < -0.39 is 36.2 Å². The van der Waals surface area contributed by atoms with Gasteiger partial charge in [-0.05, 0) is 11.1 Å². The van der Waals surface area contributed by atoms with Crippen molar-refractivity contribution in [3.8, 4) is 0 Å². The normalized spacial score (nSPS) is 20.3. The summed E-state index contributed by atoms with van der Waals surface area (Å²) >= 11 is 4.89. The lowest BCUT2D eigenvalue weighted by molar-refractivity contribution is -0.165. The maximum absolute atomic E-state index is 12.2. The molecule has 1 fully saturated rings. The maximum atomic E-state index is 12.2. The molecule has 9 heteroatoms. The Bertz CT molecular complexity index is 928. The molecule has 35 heavy (non-hydrogen) atoms. The summed E-state index contributed by atoms with van der Waals surface area (Å²) < 4.78 is 16.8. The third-order valence-electron chi connectivity index (χ3n) is 5.17. The number of rotatable bonds is 11. The molecule has 3 rings (SSSR count). The van der Waals surface area contributed by atoms with Gasteiger partial charge in [-0.25, -0.2) is 0 Å². The Morgan fingerprint density at radius 3 is 1.80 bits per heavy atom. The van der Waals surface area contributed by atoms with Gasteiger partial charge in [0.15, 0.2) is 6.10 Å². The Balaban J connectivity index is 1.87. The molecule has 2 aromatic rings. The van der Waals surface area contributed by atoms with Crippen LogP contribution >= 0.6 is 35.3 Å². The van der Waals surface area contributed by atoms with Crippen molar-refractivity contribution in [2.45, 2.75) is 60.4 Å². The zero-order valence-corrected chi connectivity index (χ0v) is 22.4. The van der Waals surface area contributed by atoms with Crippen LogP contribution in [-0.2, 0) is 40.1 Å². The SMILES string of the molecule is CC(=O)O[C@H]1[C@H]([C@H](OC(C)=O)C(SCc2ccccc2)SCc2ccccc2)SC[C@H]1OC(C)=O. The smallest absolute Gasteiger partial charge is 0.303 e. The van der Waals surface area contributed by atoms with Crippen LogP contribution in [0.5, 0.6) is 0 Å². The number of carbonyl (C=O) groups is 3. The van der Waals surface area contributed by atoms with Crippen molar-refractivity contribution in [2.24, 2.45) is 0 Å². The number of benzene rings is 2. The average Bonchev–Trinajstić information content (AvgIpc) is 3.19. The van der Waals surface area contributed by atoms with E-state index in [2.05, 4.69) is 24.3 Å². The molecular formula is C26H30O6S3. The second-order valence-electron chi connectivity index (χ2n) is 8.06. The largest absolute Gasteiger partial charge is 0.459 e. The Morgan fingerprint density at radius 1 is 0.829 bits per heavy atom. The summed E-state index contributed by atoms with van der Waals surface area (Å²) in [6, 6.07) is 20.2. The summed E-state index contributed by atoms with van der Waals surface area (Å²) in [6.07, 6.45) is -1.86. The van der Waals surface area contributed by atoms with Crippen LogP contribution in [0.2, 0.25) is 0 Å². The molecule has 188 valence electrons. The fourth-order valence-corrected chi connectivity index (χ4v) is 8.16. The first-order chi connectivity index (χ1) is 16.8. The van der Waals surface area contributed by atoms with Gasteiger partial charge in [-0.1, -0.05) is 60.7 Å². The van der Waals surface area contributed by atoms with E-state index >= 15 is 0 Å². The van der Waals surface area contributed by atoms with Gasteiger partial charge in [0, 0.05) is 38.0 Å². The minimum absolute atomic E-state index is 0.147. The van der Waals surface area contributed by atoms with Crippen LogP contribution < -0.4 is 0 Å². The zero-order chi connectivity index (χ0) is 25.2. The van der Waals surface area contributed by atoms with Crippen LogP contribution in [0.15, 0.2) is 60.7 Å². The molecule has 0 unspecified atom stereocenters. The fraction of sp³-hybridized carbons (Fsp3) is 0.423. The summed E-state index contributed by atoms with van der Waals surface area (Å²) in [6.45, 7) is 4.05. The molecule has 1 saturated heterocycles.